The Bertz CT molecular complexity index is 1850. The van der Waals surface area contributed by atoms with Crippen molar-refractivity contribution in [2.45, 2.75) is 25.9 Å². The van der Waals surface area contributed by atoms with Crippen molar-refractivity contribution in [1.82, 2.24) is 0 Å². The summed E-state index contributed by atoms with van der Waals surface area (Å²) in [7, 11) is 1.36. The zero-order valence-corrected chi connectivity index (χ0v) is 25.7. The molecule has 0 bridgehead atoms. The zero-order valence-electron chi connectivity index (χ0n) is 25.7. The zero-order chi connectivity index (χ0) is 32.4. The van der Waals surface area contributed by atoms with Gasteiger partial charge in [-0.3, -0.25) is 0 Å². The number of halogens is 3. The molecule has 0 radical (unpaired) electrons. The molecule has 0 N–H and O–H groups in total. The number of hydrogen-bond donors (Lipinski definition) is 0. The van der Waals surface area contributed by atoms with E-state index >= 15 is 0 Å². The Morgan fingerprint density at radius 3 is 2.00 bits per heavy atom. The Kier molecular flexibility index (Phi) is 8.45. The van der Waals surface area contributed by atoms with Crippen LogP contribution >= 0.6 is 0 Å². The molecular weight excluding hydrogens is 589 g/mol. The number of rotatable bonds is 8. The minimum absolute atomic E-state index is 0.398. The molecule has 5 nitrogen and oxygen atoms in total. The summed E-state index contributed by atoms with van der Waals surface area (Å²) in [4.78, 5) is 17.2. The highest BCUT2D eigenvalue weighted by atomic mass is 19.4. The van der Waals surface area contributed by atoms with Crippen molar-refractivity contribution in [3.63, 3.8) is 0 Å². The summed E-state index contributed by atoms with van der Waals surface area (Å²) in [6, 6.07) is 33.9. The third kappa shape index (κ3) is 5.78. The first-order chi connectivity index (χ1) is 22.2. The molecule has 0 aromatic heterocycles. The molecule has 46 heavy (non-hydrogen) atoms. The fourth-order valence-electron chi connectivity index (χ4n) is 6.12. The summed E-state index contributed by atoms with van der Waals surface area (Å²) < 4.78 is 52.0. The number of carbonyl (C=O) groups excluding carboxylic acids is 1. The number of para-hydroxylation sites is 1. The number of methoxy groups -OCH3 is 1. The summed E-state index contributed by atoms with van der Waals surface area (Å²) in [6.45, 7) is 5.88. The van der Waals surface area contributed by atoms with E-state index in [4.69, 9.17) is 9.47 Å². The molecule has 0 saturated carbocycles. The lowest BCUT2D eigenvalue weighted by Crippen LogP contribution is -2.22. The molecule has 0 aliphatic carbocycles. The van der Waals surface area contributed by atoms with Gasteiger partial charge >= 0.3 is 12.1 Å². The van der Waals surface area contributed by atoms with Gasteiger partial charge in [-0.1, -0.05) is 42.5 Å². The van der Waals surface area contributed by atoms with Crippen LogP contribution in [0.25, 0.3) is 0 Å². The molecule has 6 rings (SSSR count). The summed E-state index contributed by atoms with van der Waals surface area (Å²) in [6.07, 6.45) is -4.45. The summed E-state index contributed by atoms with van der Waals surface area (Å²) in [5.74, 6) is 0.469. The number of fused-ring (bicyclic) bond motifs is 2. The number of nitrogens with zero attached hydrogens (tertiary/aromatic N) is 2. The minimum atomic E-state index is -4.45. The minimum Gasteiger partial charge on any atom is -0.465 e. The quantitative estimate of drug-likeness (QED) is 0.158. The molecule has 1 atom stereocenters. The molecule has 1 heterocycles. The third-order valence-corrected chi connectivity index (χ3v) is 8.36. The van der Waals surface area contributed by atoms with Crippen LogP contribution in [0.5, 0.6) is 11.5 Å². The lowest BCUT2D eigenvalue weighted by atomic mass is 9.80. The molecule has 0 amide bonds. The molecule has 0 saturated heterocycles. The number of ether oxygens (including phenoxy) is 2. The molecule has 234 valence electrons. The van der Waals surface area contributed by atoms with Crippen LogP contribution in [-0.2, 0) is 10.9 Å². The van der Waals surface area contributed by atoms with Crippen molar-refractivity contribution >= 4 is 28.7 Å². The van der Waals surface area contributed by atoms with E-state index in [2.05, 4.69) is 24.8 Å². The van der Waals surface area contributed by atoms with Crippen LogP contribution in [0.15, 0.2) is 115 Å². The Hall–Kier alpha value is -5.24. The molecule has 0 fully saturated rings. The fourth-order valence-corrected chi connectivity index (χ4v) is 6.12. The average Bonchev–Trinajstić information content (AvgIpc) is 3.08. The highest BCUT2D eigenvalue weighted by molar-refractivity contribution is 5.92. The van der Waals surface area contributed by atoms with Gasteiger partial charge in [0, 0.05) is 59.0 Å². The van der Waals surface area contributed by atoms with Crippen molar-refractivity contribution in [1.29, 1.82) is 0 Å². The Morgan fingerprint density at radius 2 is 1.33 bits per heavy atom. The number of alkyl halides is 3. The number of carbonyl (C=O) groups is 1. The molecular formula is C38H33F3N2O3. The smallest absolute Gasteiger partial charge is 0.416 e. The van der Waals surface area contributed by atoms with E-state index in [0.29, 0.717) is 22.7 Å². The monoisotopic (exact) mass is 622 g/mol. The first kappa shape index (κ1) is 30.8. The lowest BCUT2D eigenvalue weighted by Gasteiger charge is -2.33. The van der Waals surface area contributed by atoms with E-state index in [1.54, 1.807) is 12.1 Å². The van der Waals surface area contributed by atoms with Crippen LogP contribution in [0.2, 0.25) is 0 Å². The lowest BCUT2D eigenvalue weighted by molar-refractivity contribution is -0.137. The maximum absolute atomic E-state index is 13.4. The van der Waals surface area contributed by atoms with E-state index < -0.39 is 23.6 Å². The van der Waals surface area contributed by atoms with Crippen molar-refractivity contribution in [3.05, 3.63) is 143 Å². The molecule has 1 aliphatic rings. The highest BCUT2D eigenvalue weighted by Gasteiger charge is 2.34. The van der Waals surface area contributed by atoms with Gasteiger partial charge in [0.1, 0.15) is 11.5 Å². The maximum Gasteiger partial charge on any atom is 0.416 e. The summed E-state index contributed by atoms with van der Waals surface area (Å²) in [5.41, 5.74) is 5.26. The van der Waals surface area contributed by atoms with Crippen molar-refractivity contribution in [3.8, 4) is 11.5 Å². The van der Waals surface area contributed by atoms with Crippen LogP contribution in [0.1, 0.15) is 52.4 Å². The average molecular weight is 623 g/mol. The summed E-state index contributed by atoms with van der Waals surface area (Å²) in [5, 5.41) is 0. The Balaban J connectivity index is 1.55. The fraction of sp³-hybridized carbons (Fsp3) is 0.184. The Labute approximate surface area is 266 Å². The second-order valence-corrected chi connectivity index (χ2v) is 10.9. The number of benzene rings is 5. The molecule has 8 heteroatoms. The standard InChI is InChI=1S/C38H33F3N2O3/c1-4-42(5-2)28-19-21-32-35(24-28)46-34-22-20-29(23-33(34)36(32)30-13-9-10-14-31(30)37(44)45-3)43(26-11-7-6-8-12-26)27-17-15-25(16-18-27)38(39,40)41/h6-24,36H,4-5H2,1-3H3. The van der Waals surface area contributed by atoms with Crippen LogP contribution in [0.3, 0.4) is 0 Å². The molecule has 1 aliphatic heterocycles. The normalized spacial score (nSPS) is 13.7. The molecule has 1 unspecified atom stereocenters. The van der Waals surface area contributed by atoms with Gasteiger partial charge in [-0.15, -0.1) is 0 Å². The predicted molar refractivity (Wildman–Crippen MR) is 175 cm³/mol. The Morgan fingerprint density at radius 1 is 0.696 bits per heavy atom. The largest absolute Gasteiger partial charge is 0.465 e. The van der Waals surface area contributed by atoms with Crippen LogP contribution in [-0.4, -0.2) is 26.2 Å². The number of anilines is 4. The van der Waals surface area contributed by atoms with E-state index in [0.717, 1.165) is 59.0 Å². The second kappa shape index (κ2) is 12.6. The van der Waals surface area contributed by atoms with Crippen LogP contribution < -0.4 is 14.5 Å². The molecule has 5 aromatic rings. The van der Waals surface area contributed by atoms with E-state index in [1.165, 1.54) is 19.2 Å². The second-order valence-electron chi connectivity index (χ2n) is 10.9. The topological polar surface area (TPSA) is 42.0 Å². The van der Waals surface area contributed by atoms with E-state index in [1.807, 2.05) is 77.7 Å². The number of hydrogen-bond acceptors (Lipinski definition) is 5. The molecule has 0 spiro atoms. The summed E-state index contributed by atoms with van der Waals surface area (Å²) >= 11 is 0. The van der Waals surface area contributed by atoms with E-state index in [-0.39, 0.29) is 0 Å². The van der Waals surface area contributed by atoms with Gasteiger partial charge in [0.15, 0.2) is 0 Å². The van der Waals surface area contributed by atoms with Gasteiger partial charge in [-0.2, -0.15) is 13.2 Å². The first-order valence-corrected chi connectivity index (χ1v) is 15.1. The van der Waals surface area contributed by atoms with E-state index in [9.17, 15) is 18.0 Å². The van der Waals surface area contributed by atoms with Gasteiger partial charge in [0.05, 0.1) is 18.2 Å². The van der Waals surface area contributed by atoms with Crippen molar-refractivity contribution in [2.75, 3.05) is 30.0 Å². The van der Waals surface area contributed by atoms with Gasteiger partial charge in [0.25, 0.3) is 0 Å². The van der Waals surface area contributed by atoms with Crippen molar-refractivity contribution in [2.24, 2.45) is 0 Å². The maximum atomic E-state index is 13.4. The molecule has 5 aromatic carbocycles. The van der Waals surface area contributed by atoms with Gasteiger partial charge in [-0.05, 0) is 86.1 Å². The van der Waals surface area contributed by atoms with Crippen LogP contribution in [0.4, 0.5) is 35.9 Å². The first-order valence-electron chi connectivity index (χ1n) is 15.1. The third-order valence-electron chi connectivity index (χ3n) is 8.36. The van der Waals surface area contributed by atoms with Gasteiger partial charge < -0.3 is 19.3 Å². The SMILES string of the molecule is CCN(CC)c1ccc2c(c1)Oc1ccc(N(c3ccccc3)c3ccc(C(F)(F)F)cc3)cc1C2c1ccccc1C(=O)OC. The van der Waals surface area contributed by atoms with Crippen LogP contribution in [0, 0.1) is 0 Å². The predicted octanol–water partition coefficient (Wildman–Crippen LogP) is 10.1. The van der Waals surface area contributed by atoms with Gasteiger partial charge in [-0.25, -0.2) is 4.79 Å². The van der Waals surface area contributed by atoms with Crippen molar-refractivity contribution < 1.29 is 27.4 Å². The highest BCUT2D eigenvalue weighted by Crippen LogP contribution is 2.51. The van der Waals surface area contributed by atoms with Gasteiger partial charge in [0.2, 0.25) is 0 Å². The number of esters is 1.